The molecule has 180 valence electrons. The van der Waals surface area contributed by atoms with Crippen molar-refractivity contribution in [3.8, 4) is 0 Å². The number of carbonyl (C=O) groups excluding carboxylic acids is 2. The summed E-state index contributed by atoms with van der Waals surface area (Å²) >= 11 is 0. The minimum atomic E-state index is -1.22. The highest BCUT2D eigenvalue weighted by Crippen LogP contribution is 2.29. The van der Waals surface area contributed by atoms with Gasteiger partial charge in [0.25, 0.3) is 5.91 Å². The number of fused-ring (bicyclic) bond motifs is 1. The number of aliphatic hydroxyl groups excluding tert-OH is 1. The van der Waals surface area contributed by atoms with E-state index in [1.807, 2.05) is 13.8 Å². The number of hydrogen-bond acceptors (Lipinski definition) is 9. The molecule has 0 bridgehead atoms. The van der Waals surface area contributed by atoms with E-state index in [9.17, 15) is 14.7 Å². The Labute approximate surface area is 197 Å². The first-order valence-corrected chi connectivity index (χ1v) is 10.9. The molecule has 2 aliphatic rings. The largest absolute Gasteiger partial charge is 0.465 e. The number of aliphatic hydroxyl groups is 1. The van der Waals surface area contributed by atoms with E-state index >= 15 is 0 Å². The molecule has 4 N–H and O–H groups in total. The molecule has 0 aliphatic carbocycles. The maximum Gasteiger partial charge on any atom is 0.337 e. The molecular weight excluding hydrogens is 440 g/mol. The summed E-state index contributed by atoms with van der Waals surface area (Å²) in [6.45, 7) is 6.55. The molecule has 4 rings (SSSR count). The van der Waals surface area contributed by atoms with Crippen LogP contribution in [0.2, 0.25) is 0 Å². The number of aryl methyl sites for hydroxylation is 1. The number of nitrogens with one attached hydrogen (secondary N) is 3. The SMILES string of the molecule is COC(=O)c1ccc(C)c(NC(=O)C2=Cc3cnc(NCC4COC(C)(C)O4)cc3NC2O)c1. The predicted molar refractivity (Wildman–Crippen MR) is 126 cm³/mol. The fourth-order valence-electron chi connectivity index (χ4n) is 3.74. The number of carbonyl (C=O) groups is 2. The van der Waals surface area contributed by atoms with Gasteiger partial charge in [0.1, 0.15) is 11.9 Å². The Balaban J connectivity index is 1.46. The number of rotatable bonds is 6. The van der Waals surface area contributed by atoms with E-state index < -0.39 is 23.9 Å². The van der Waals surface area contributed by atoms with Crippen LogP contribution in [-0.4, -0.2) is 60.3 Å². The van der Waals surface area contributed by atoms with E-state index in [0.29, 0.717) is 41.5 Å². The average Bonchev–Trinajstić information content (AvgIpc) is 3.16. The molecule has 0 spiro atoms. The summed E-state index contributed by atoms with van der Waals surface area (Å²) in [7, 11) is 1.29. The molecule has 3 heterocycles. The highest BCUT2D eigenvalue weighted by Gasteiger charge is 2.32. The van der Waals surface area contributed by atoms with Gasteiger partial charge in [0.2, 0.25) is 0 Å². The normalized spacial score (nSPS) is 20.6. The van der Waals surface area contributed by atoms with Gasteiger partial charge in [0, 0.05) is 35.7 Å². The number of esters is 1. The molecule has 1 aromatic carbocycles. The Kier molecular flexibility index (Phi) is 6.56. The summed E-state index contributed by atoms with van der Waals surface area (Å²) < 4.78 is 16.1. The molecule has 0 radical (unpaired) electrons. The number of pyridine rings is 1. The average molecular weight is 469 g/mol. The Morgan fingerprint density at radius 2 is 2.12 bits per heavy atom. The first-order valence-electron chi connectivity index (χ1n) is 10.9. The molecule has 10 heteroatoms. The van der Waals surface area contributed by atoms with E-state index in [2.05, 4.69) is 20.9 Å². The molecule has 2 aliphatic heterocycles. The zero-order chi connectivity index (χ0) is 24.5. The van der Waals surface area contributed by atoms with E-state index in [1.54, 1.807) is 37.4 Å². The summed E-state index contributed by atoms with van der Waals surface area (Å²) in [6, 6.07) is 6.63. The predicted octanol–water partition coefficient (Wildman–Crippen LogP) is 2.51. The number of benzene rings is 1. The third-order valence-corrected chi connectivity index (χ3v) is 5.58. The van der Waals surface area contributed by atoms with Gasteiger partial charge < -0.3 is 35.3 Å². The van der Waals surface area contributed by atoms with Gasteiger partial charge in [-0.05, 0) is 44.5 Å². The zero-order valence-electron chi connectivity index (χ0n) is 19.5. The van der Waals surface area contributed by atoms with Gasteiger partial charge in [-0.15, -0.1) is 0 Å². The molecule has 34 heavy (non-hydrogen) atoms. The van der Waals surface area contributed by atoms with E-state index in [-0.39, 0.29) is 11.7 Å². The van der Waals surface area contributed by atoms with Crippen molar-refractivity contribution >= 4 is 35.1 Å². The van der Waals surface area contributed by atoms with Crippen molar-refractivity contribution in [1.82, 2.24) is 4.98 Å². The number of ether oxygens (including phenoxy) is 3. The van der Waals surface area contributed by atoms with Crippen LogP contribution in [0.25, 0.3) is 6.08 Å². The molecular formula is C24H28N4O6. The summed E-state index contributed by atoms with van der Waals surface area (Å²) in [5.74, 6) is -1.00. The highest BCUT2D eigenvalue weighted by atomic mass is 16.7. The second-order valence-corrected chi connectivity index (χ2v) is 8.61. The molecule has 2 unspecified atom stereocenters. The van der Waals surface area contributed by atoms with Crippen molar-refractivity contribution < 1.29 is 28.9 Å². The summed E-state index contributed by atoms with van der Waals surface area (Å²) in [5, 5.41) is 19.5. The molecule has 1 saturated heterocycles. The molecule has 10 nitrogen and oxygen atoms in total. The molecule has 2 atom stereocenters. The monoisotopic (exact) mass is 468 g/mol. The smallest absolute Gasteiger partial charge is 0.337 e. The second-order valence-electron chi connectivity index (χ2n) is 8.61. The van der Waals surface area contributed by atoms with Crippen LogP contribution >= 0.6 is 0 Å². The number of nitrogens with zero attached hydrogens (tertiary/aromatic N) is 1. The molecule has 0 saturated carbocycles. The minimum absolute atomic E-state index is 0.0947. The molecule has 1 amide bonds. The van der Waals surface area contributed by atoms with E-state index in [4.69, 9.17) is 14.2 Å². The quantitative estimate of drug-likeness (QED) is 0.472. The van der Waals surface area contributed by atoms with Gasteiger partial charge in [0.15, 0.2) is 12.0 Å². The lowest BCUT2D eigenvalue weighted by Crippen LogP contribution is -2.32. The fraction of sp³-hybridized carbons (Fsp3) is 0.375. The first-order chi connectivity index (χ1) is 16.1. The van der Waals surface area contributed by atoms with Crippen LogP contribution in [0.15, 0.2) is 36.0 Å². The van der Waals surface area contributed by atoms with Crippen LogP contribution < -0.4 is 16.0 Å². The van der Waals surface area contributed by atoms with Crippen molar-refractivity contribution in [2.45, 2.75) is 38.9 Å². The van der Waals surface area contributed by atoms with Crippen LogP contribution in [0.4, 0.5) is 17.2 Å². The lowest BCUT2D eigenvalue weighted by Gasteiger charge is -2.24. The third kappa shape index (κ3) is 5.19. The van der Waals surface area contributed by atoms with Gasteiger partial charge in [-0.3, -0.25) is 4.79 Å². The minimum Gasteiger partial charge on any atom is -0.465 e. The van der Waals surface area contributed by atoms with Crippen LogP contribution in [0, 0.1) is 6.92 Å². The van der Waals surface area contributed by atoms with Crippen LogP contribution in [-0.2, 0) is 19.0 Å². The van der Waals surface area contributed by atoms with Gasteiger partial charge in [-0.2, -0.15) is 0 Å². The first kappa shape index (κ1) is 23.7. The number of anilines is 3. The highest BCUT2D eigenvalue weighted by molar-refractivity contribution is 6.09. The van der Waals surface area contributed by atoms with Gasteiger partial charge in [0.05, 0.1) is 24.9 Å². The number of aromatic nitrogens is 1. The number of amides is 1. The zero-order valence-corrected chi connectivity index (χ0v) is 19.5. The standard InChI is InChI=1S/C24H28N4O6/c1-13-5-6-14(23(31)32-4)8-18(13)27-21(29)17-7-15-10-25-20(9-19(15)28-22(17)30)26-11-16-12-33-24(2,3)34-16/h5-10,16,22,28,30H,11-12H2,1-4H3,(H,25,26)(H,27,29). The van der Waals surface area contributed by atoms with Crippen LogP contribution in [0.3, 0.4) is 0 Å². The van der Waals surface area contributed by atoms with Crippen molar-refractivity contribution in [2.75, 3.05) is 36.2 Å². The summed E-state index contributed by atoms with van der Waals surface area (Å²) in [6.07, 6.45) is 1.88. The van der Waals surface area contributed by atoms with E-state index in [0.717, 1.165) is 5.56 Å². The summed E-state index contributed by atoms with van der Waals surface area (Å²) in [5.41, 5.74) is 2.93. The molecule has 2 aromatic rings. The van der Waals surface area contributed by atoms with Crippen molar-refractivity contribution in [3.05, 3.63) is 52.7 Å². The van der Waals surface area contributed by atoms with Gasteiger partial charge in [-0.25, -0.2) is 9.78 Å². The van der Waals surface area contributed by atoms with E-state index in [1.165, 1.54) is 13.2 Å². The fourth-order valence-corrected chi connectivity index (χ4v) is 3.74. The van der Waals surface area contributed by atoms with Crippen molar-refractivity contribution in [2.24, 2.45) is 0 Å². The Morgan fingerprint density at radius 3 is 2.82 bits per heavy atom. The van der Waals surface area contributed by atoms with Gasteiger partial charge >= 0.3 is 5.97 Å². The number of hydrogen-bond donors (Lipinski definition) is 4. The Hall–Kier alpha value is -3.47. The lowest BCUT2D eigenvalue weighted by atomic mass is 10.0. The maximum atomic E-state index is 12.9. The Bertz CT molecular complexity index is 1150. The Morgan fingerprint density at radius 1 is 1.32 bits per heavy atom. The summed E-state index contributed by atoms with van der Waals surface area (Å²) in [4.78, 5) is 29.1. The molecule has 1 fully saturated rings. The second kappa shape index (κ2) is 9.41. The number of methoxy groups -OCH3 is 1. The van der Waals surface area contributed by atoms with Crippen LogP contribution in [0.1, 0.15) is 35.3 Å². The van der Waals surface area contributed by atoms with Crippen LogP contribution in [0.5, 0.6) is 0 Å². The lowest BCUT2D eigenvalue weighted by molar-refractivity contribution is -0.136. The maximum absolute atomic E-state index is 12.9. The van der Waals surface area contributed by atoms with Crippen molar-refractivity contribution in [1.29, 1.82) is 0 Å². The molecule has 1 aromatic heterocycles. The van der Waals surface area contributed by atoms with Crippen molar-refractivity contribution in [3.63, 3.8) is 0 Å². The van der Waals surface area contributed by atoms with Gasteiger partial charge in [-0.1, -0.05) is 6.07 Å². The third-order valence-electron chi connectivity index (χ3n) is 5.58. The topological polar surface area (TPSA) is 131 Å².